The zero-order chi connectivity index (χ0) is 19.3. The maximum absolute atomic E-state index is 12.5. The highest BCUT2D eigenvalue weighted by atomic mass is 16.6. The number of benzene rings is 1. The van der Waals surface area contributed by atoms with Crippen LogP contribution in [0.1, 0.15) is 53.1 Å². The molecule has 0 spiro atoms. The summed E-state index contributed by atoms with van der Waals surface area (Å²) in [5.41, 5.74) is -0.627. The van der Waals surface area contributed by atoms with Gasteiger partial charge in [0.1, 0.15) is 11.2 Å². The van der Waals surface area contributed by atoms with Crippen LogP contribution in [0.2, 0.25) is 0 Å². The fourth-order valence-electron chi connectivity index (χ4n) is 2.12. The Balaban J connectivity index is 3.10. The van der Waals surface area contributed by atoms with Crippen molar-refractivity contribution in [3.63, 3.8) is 0 Å². The van der Waals surface area contributed by atoms with Crippen LogP contribution in [0, 0.1) is 0 Å². The predicted octanol–water partition coefficient (Wildman–Crippen LogP) is 3.66. The summed E-state index contributed by atoms with van der Waals surface area (Å²) in [6.45, 7) is 14.1. The molecular weight excluding hydrogens is 320 g/mol. The van der Waals surface area contributed by atoms with E-state index in [0.717, 1.165) is 0 Å². The second-order valence-electron chi connectivity index (χ2n) is 7.70. The highest BCUT2D eigenvalue weighted by Crippen LogP contribution is 2.23. The number of ether oxygens (including phenoxy) is 2. The molecule has 6 nitrogen and oxygen atoms in total. The van der Waals surface area contributed by atoms with Gasteiger partial charge < -0.3 is 14.8 Å². The molecule has 0 heterocycles. The summed E-state index contributed by atoms with van der Waals surface area (Å²) in [5, 5.41) is 2.71. The Kier molecular flexibility index (Phi) is 6.73. The Hall–Kier alpha value is -2.37. The number of hydrogen-bond acceptors (Lipinski definition) is 5. The van der Waals surface area contributed by atoms with Crippen molar-refractivity contribution in [2.24, 2.45) is 4.99 Å². The number of nitrogens with zero attached hydrogens (tertiary/aromatic N) is 1. The molecule has 6 heteroatoms. The maximum atomic E-state index is 12.5. The van der Waals surface area contributed by atoms with E-state index in [4.69, 9.17) is 9.47 Å². The molecule has 0 aromatic heterocycles. The summed E-state index contributed by atoms with van der Waals surface area (Å²) in [6.07, 6.45) is -0.640. The third-order valence-corrected chi connectivity index (χ3v) is 2.99. The molecule has 0 saturated carbocycles. The lowest BCUT2D eigenvalue weighted by atomic mass is 9.99. The molecule has 1 aromatic rings. The third-order valence-electron chi connectivity index (χ3n) is 2.99. The average Bonchev–Trinajstić information content (AvgIpc) is 2.44. The van der Waals surface area contributed by atoms with Crippen LogP contribution >= 0.6 is 0 Å². The van der Waals surface area contributed by atoms with Gasteiger partial charge in [0.05, 0.1) is 6.04 Å². The zero-order valence-electron chi connectivity index (χ0n) is 15.8. The number of hydrogen-bond donors (Lipinski definition) is 1. The average molecular weight is 348 g/mol. The molecule has 1 rings (SSSR count). The van der Waals surface area contributed by atoms with E-state index in [0.29, 0.717) is 5.56 Å². The minimum absolute atomic E-state index is 0.563. The molecule has 1 N–H and O–H groups in total. The van der Waals surface area contributed by atoms with Gasteiger partial charge in [-0.05, 0) is 53.8 Å². The van der Waals surface area contributed by atoms with Crippen LogP contribution in [0.25, 0.3) is 0 Å². The first-order valence-corrected chi connectivity index (χ1v) is 8.16. The highest BCUT2D eigenvalue weighted by Gasteiger charge is 2.34. The van der Waals surface area contributed by atoms with Crippen molar-refractivity contribution in [3.05, 3.63) is 35.9 Å². The van der Waals surface area contributed by atoms with E-state index in [2.05, 4.69) is 17.0 Å². The number of aliphatic imine (C=N–C) groups is 1. The number of amides is 1. The molecule has 0 aliphatic rings. The van der Waals surface area contributed by atoms with Crippen molar-refractivity contribution in [2.75, 3.05) is 0 Å². The molecule has 0 bridgehead atoms. The summed E-state index contributed by atoms with van der Waals surface area (Å²) in [6, 6.07) is 7.33. The Morgan fingerprint density at radius 2 is 1.52 bits per heavy atom. The van der Waals surface area contributed by atoms with Crippen LogP contribution in [0.3, 0.4) is 0 Å². The van der Waals surface area contributed by atoms with Gasteiger partial charge in [-0.3, -0.25) is 4.99 Å². The van der Waals surface area contributed by atoms with Gasteiger partial charge >= 0.3 is 12.1 Å². The highest BCUT2D eigenvalue weighted by molar-refractivity contribution is 5.80. The molecule has 2 atom stereocenters. The lowest BCUT2D eigenvalue weighted by Crippen LogP contribution is -2.43. The van der Waals surface area contributed by atoms with Crippen molar-refractivity contribution >= 4 is 18.8 Å². The van der Waals surface area contributed by atoms with Gasteiger partial charge in [-0.2, -0.15) is 0 Å². The lowest BCUT2D eigenvalue weighted by Gasteiger charge is -2.28. The Morgan fingerprint density at radius 3 is 1.96 bits per heavy atom. The van der Waals surface area contributed by atoms with Crippen LogP contribution < -0.4 is 5.32 Å². The van der Waals surface area contributed by atoms with E-state index >= 15 is 0 Å². The predicted molar refractivity (Wildman–Crippen MR) is 97.7 cm³/mol. The summed E-state index contributed by atoms with van der Waals surface area (Å²) >= 11 is 0. The normalized spacial score (nSPS) is 14.2. The molecule has 2 unspecified atom stereocenters. The Labute approximate surface area is 149 Å². The van der Waals surface area contributed by atoms with Crippen LogP contribution in [-0.2, 0) is 14.3 Å². The van der Waals surface area contributed by atoms with Crippen molar-refractivity contribution in [1.29, 1.82) is 0 Å². The second kappa shape index (κ2) is 8.14. The first kappa shape index (κ1) is 20.7. The molecule has 0 saturated heterocycles. The maximum Gasteiger partial charge on any atom is 0.408 e. The first-order chi connectivity index (χ1) is 11.4. The molecule has 0 aliphatic heterocycles. The summed E-state index contributed by atoms with van der Waals surface area (Å²) in [5.74, 6) is -0.563. The van der Waals surface area contributed by atoms with E-state index < -0.39 is 35.3 Å². The van der Waals surface area contributed by atoms with Gasteiger partial charge in [-0.15, -0.1) is 0 Å². The fraction of sp³-hybridized carbons (Fsp3) is 0.526. The zero-order valence-corrected chi connectivity index (χ0v) is 15.8. The van der Waals surface area contributed by atoms with Crippen LogP contribution in [0.5, 0.6) is 0 Å². The monoisotopic (exact) mass is 348 g/mol. The summed E-state index contributed by atoms with van der Waals surface area (Å²) < 4.78 is 10.7. The van der Waals surface area contributed by atoms with Crippen molar-refractivity contribution in [2.45, 2.75) is 64.8 Å². The Morgan fingerprint density at radius 1 is 1.00 bits per heavy atom. The second-order valence-corrected chi connectivity index (χ2v) is 7.70. The SMILES string of the molecule is C=NC(C(=O)OC(C)(C)C)C(NC(=O)OC(C)(C)C)c1ccccc1. The van der Waals surface area contributed by atoms with Gasteiger partial charge in [0, 0.05) is 0 Å². The van der Waals surface area contributed by atoms with E-state index in [1.165, 1.54) is 0 Å². The molecule has 1 aromatic carbocycles. The van der Waals surface area contributed by atoms with E-state index in [1.807, 2.05) is 18.2 Å². The summed E-state index contributed by atoms with van der Waals surface area (Å²) in [4.78, 5) is 28.6. The van der Waals surface area contributed by atoms with Crippen LogP contribution in [-0.4, -0.2) is 36.0 Å². The van der Waals surface area contributed by atoms with Crippen LogP contribution in [0.4, 0.5) is 4.79 Å². The molecule has 1 amide bonds. The molecule has 25 heavy (non-hydrogen) atoms. The van der Waals surface area contributed by atoms with Crippen molar-refractivity contribution in [1.82, 2.24) is 5.32 Å². The Bertz CT molecular complexity index is 600. The number of carbonyl (C=O) groups is 2. The third kappa shape index (κ3) is 7.37. The smallest absolute Gasteiger partial charge is 0.408 e. The van der Waals surface area contributed by atoms with Gasteiger partial charge in [0.2, 0.25) is 0 Å². The molecule has 138 valence electrons. The number of rotatable bonds is 5. The minimum atomic E-state index is -0.992. The molecule has 0 aliphatic carbocycles. The van der Waals surface area contributed by atoms with Gasteiger partial charge in [0.25, 0.3) is 0 Å². The molecule has 0 fully saturated rings. The summed E-state index contributed by atoms with van der Waals surface area (Å²) in [7, 11) is 0. The number of alkyl carbamates (subject to hydrolysis) is 1. The van der Waals surface area contributed by atoms with E-state index in [9.17, 15) is 9.59 Å². The number of nitrogens with one attached hydrogen (secondary N) is 1. The van der Waals surface area contributed by atoms with Gasteiger partial charge in [-0.25, -0.2) is 9.59 Å². The van der Waals surface area contributed by atoms with Crippen LogP contribution in [0.15, 0.2) is 35.3 Å². The van der Waals surface area contributed by atoms with Gasteiger partial charge in [0.15, 0.2) is 6.04 Å². The lowest BCUT2D eigenvalue weighted by molar-refractivity contribution is -0.157. The minimum Gasteiger partial charge on any atom is -0.458 e. The topological polar surface area (TPSA) is 77.0 Å². The molecule has 0 radical (unpaired) electrons. The number of esters is 1. The van der Waals surface area contributed by atoms with Crippen molar-refractivity contribution in [3.8, 4) is 0 Å². The van der Waals surface area contributed by atoms with E-state index in [1.54, 1.807) is 53.7 Å². The standard InChI is InChI=1S/C19H28N2O4/c1-18(2,3)24-16(22)15(20-7)14(13-11-9-8-10-12-13)21-17(23)25-19(4,5)6/h8-12,14-15H,7H2,1-6H3,(H,21,23). The number of carbonyl (C=O) groups excluding carboxylic acids is 2. The largest absolute Gasteiger partial charge is 0.458 e. The fourth-order valence-corrected chi connectivity index (χ4v) is 2.12. The first-order valence-electron chi connectivity index (χ1n) is 8.16. The molecular formula is C19H28N2O4. The van der Waals surface area contributed by atoms with Crippen molar-refractivity contribution < 1.29 is 19.1 Å². The van der Waals surface area contributed by atoms with E-state index in [-0.39, 0.29) is 0 Å². The van der Waals surface area contributed by atoms with Gasteiger partial charge in [-0.1, -0.05) is 30.3 Å². The quantitative estimate of drug-likeness (QED) is 0.651.